The maximum atomic E-state index is 12.6. The van der Waals surface area contributed by atoms with Gasteiger partial charge in [0.15, 0.2) is 0 Å². The minimum absolute atomic E-state index is 0.0187. The highest BCUT2D eigenvalue weighted by atomic mass is 32.2. The molecule has 2 aromatic heterocycles. The van der Waals surface area contributed by atoms with Gasteiger partial charge in [0.05, 0.1) is 17.7 Å². The zero-order valence-electron chi connectivity index (χ0n) is 15.9. The Morgan fingerprint density at radius 1 is 1.07 bits per heavy atom. The second-order valence-electron chi connectivity index (χ2n) is 6.50. The highest BCUT2D eigenvalue weighted by Crippen LogP contribution is 2.17. The number of aryl methyl sites for hydroxylation is 3. The summed E-state index contributed by atoms with van der Waals surface area (Å²) in [5, 5.41) is 2.81. The van der Waals surface area contributed by atoms with E-state index in [0.717, 1.165) is 17.1 Å². The molecule has 8 heteroatoms. The highest BCUT2D eigenvalue weighted by Gasteiger charge is 2.18. The normalized spacial score (nSPS) is 11.5. The van der Waals surface area contributed by atoms with Gasteiger partial charge in [0.2, 0.25) is 10.0 Å². The average Bonchev–Trinajstić information content (AvgIpc) is 3.27. The summed E-state index contributed by atoms with van der Waals surface area (Å²) >= 11 is 0. The van der Waals surface area contributed by atoms with Crippen LogP contribution in [0.25, 0.3) is 0 Å². The van der Waals surface area contributed by atoms with Crippen molar-refractivity contribution in [1.29, 1.82) is 0 Å². The molecule has 0 bridgehead atoms. The number of furan rings is 2. The lowest BCUT2D eigenvalue weighted by Crippen LogP contribution is -2.26. The van der Waals surface area contributed by atoms with E-state index in [2.05, 4.69) is 10.0 Å². The molecule has 3 rings (SSSR count). The lowest BCUT2D eigenvalue weighted by atomic mass is 10.1. The fourth-order valence-corrected chi connectivity index (χ4v) is 3.82. The molecule has 1 amide bonds. The maximum Gasteiger partial charge on any atom is 0.251 e. The largest absolute Gasteiger partial charge is 0.468 e. The van der Waals surface area contributed by atoms with E-state index in [1.165, 1.54) is 18.4 Å². The summed E-state index contributed by atoms with van der Waals surface area (Å²) < 4.78 is 38.1. The van der Waals surface area contributed by atoms with Gasteiger partial charge in [-0.15, -0.1) is 0 Å². The molecule has 2 N–H and O–H groups in total. The molecule has 0 aliphatic rings. The zero-order chi connectivity index (χ0) is 20.3. The van der Waals surface area contributed by atoms with Crippen LogP contribution in [0.5, 0.6) is 0 Å². The molecule has 0 aliphatic carbocycles. The Bertz CT molecular complexity index is 1080. The van der Waals surface area contributed by atoms with Crippen molar-refractivity contribution in [3.8, 4) is 0 Å². The summed E-state index contributed by atoms with van der Waals surface area (Å²) in [4.78, 5) is 12.6. The number of hydrogen-bond acceptors (Lipinski definition) is 5. The minimum Gasteiger partial charge on any atom is -0.468 e. The van der Waals surface area contributed by atoms with E-state index in [1.807, 2.05) is 19.9 Å². The van der Waals surface area contributed by atoms with Crippen LogP contribution >= 0.6 is 0 Å². The Kier molecular flexibility index (Phi) is 5.71. The van der Waals surface area contributed by atoms with Gasteiger partial charge in [0.25, 0.3) is 5.91 Å². The lowest BCUT2D eigenvalue weighted by Gasteiger charge is -2.11. The van der Waals surface area contributed by atoms with Gasteiger partial charge < -0.3 is 14.2 Å². The van der Waals surface area contributed by atoms with Crippen molar-refractivity contribution in [2.24, 2.45) is 0 Å². The van der Waals surface area contributed by atoms with Gasteiger partial charge in [0, 0.05) is 17.7 Å². The molecule has 0 radical (unpaired) electrons. The van der Waals surface area contributed by atoms with Crippen LogP contribution in [0.2, 0.25) is 0 Å². The van der Waals surface area contributed by atoms with E-state index < -0.39 is 10.0 Å². The summed E-state index contributed by atoms with van der Waals surface area (Å²) in [6, 6.07) is 9.69. The second-order valence-corrected chi connectivity index (χ2v) is 8.27. The quantitative estimate of drug-likeness (QED) is 0.632. The molecule has 0 fully saturated rings. The molecule has 7 nitrogen and oxygen atoms in total. The summed E-state index contributed by atoms with van der Waals surface area (Å²) in [7, 11) is -3.78. The van der Waals surface area contributed by atoms with E-state index in [9.17, 15) is 13.2 Å². The van der Waals surface area contributed by atoms with E-state index in [0.29, 0.717) is 23.4 Å². The number of hydrogen-bond donors (Lipinski definition) is 2. The minimum atomic E-state index is -3.78. The van der Waals surface area contributed by atoms with E-state index in [1.54, 1.807) is 25.1 Å². The third kappa shape index (κ3) is 4.52. The number of amides is 1. The number of benzene rings is 1. The molecular weight excluding hydrogens is 380 g/mol. The van der Waals surface area contributed by atoms with Crippen molar-refractivity contribution in [3.05, 3.63) is 76.6 Å². The van der Waals surface area contributed by atoms with Crippen LogP contribution in [-0.2, 0) is 23.1 Å². The van der Waals surface area contributed by atoms with Gasteiger partial charge in [-0.25, -0.2) is 13.1 Å². The molecule has 0 saturated carbocycles. The van der Waals surface area contributed by atoms with Crippen LogP contribution in [0, 0.1) is 20.8 Å². The zero-order valence-corrected chi connectivity index (χ0v) is 16.7. The SMILES string of the molecule is Cc1cc(CNC(=O)c2cc(S(=O)(=O)NCc3ccco3)ccc2C)c(C)o1. The number of rotatable bonds is 7. The maximum absolute atomic E-state index is 12.6. The predicted molar refractivity (Wildman–Crippen MR) is 103 cm³/mol. The Morgan fingerprint density at radius 3 is 2.50 bits per heavy atom. The molecule has 2 heterocycles. The van der Waals surface area contributed by atoms with Crippen LogP contribution in [0.4, 0.5) is 0 Å². The van der Waals surface area contributed by atoms with Crippen molar-refractivity contribution in [3.63, 3.8) is 0 Å². The fourth-order valence-electron chi connectivity index (χ4n) is 2.81. The summed E-state index contributed by atoms with van der Waals surface area (Å²) in [5.41, 5.74) is 1.87. The summed E-state index contributed by atoms with van der Waals surface area (Å²) in [5.74, 6) is 1.67. The molecular formula is C20H22N2O5S. The van der Waals surface area contributed by atoms with E-state index in [4.69, 9.17) is 8.83 Å². The molecule has 148 valence electrons. The average molecular weight is 402 g/mol. The van der Waals surface area contributed by atoms with Crippen LogP contribution in [-0.4, -0.2) is 14.3 Å². The van der Waals surface area contributed by atoms with Crippen molar-refractivity contribution >= 4 is 15.9 Å². The van der Waals surface area contributed by atoms with Gasteiger partial charge >= 0.3 is 0 Å². The molecule has 0 atom stereocenters. The van der Waals surface area contributed by atoms with Gasteiger partial charge in [-0.05, 0) is 56.7 Å². The number of nitrogens with one attached hydrogen (secondary N) is 2. The number of carbonyl (C=O) groups is 1. The molecule has 0 spiro atoms. The second kappa shape index (κ2) is 8.04. The van der Waals surface area contributed by atoms with Crippen molar-refractivity contribution < 1.29 is 22.0 Å². The van der Waals surface area contributed by atoms with Crippen molar-refractivity contribution in [2.75, 3.05) is 0 Å². The van der Waals surface area contributed by atoms with Gasteiger partial charge in [-0.1, -0.05) is 6.07 Å². The standard InChI is InChI=1S/C20H22N2O5S/c1-13-6-7-18(28(24,25)22-12-17-5-4-8-26-17)10-19(13)20(23)21-11-16-9-14(2)27-15(16)3/h4-10,22H,11-12H2,1-3H3,(H,21,23). The van der Waals surface area contributed by atoms with Crippen LogP contribution in [0.3, 0.4) is 0 Å². The number of carbonyl (C=O) groups excluding carboxylic acids is 1. The van der Waals surface area contributed by atoms with Gasteiger partial charge in [0.1, 0.15) is 17.3 Å². The van der Waals surface area contributed by atoms with Gasteiger partial charge in [-0.2, -0.15) is 0 Å². The first-order chi connectivity index (χ1) is 13.3. The van der Waals surface area contributed by atoms with Crippen LogP contribution in [0.15, 0.2) is 56.4 Å². The Hall–Kier alpha value is -2.84. The third-order valence-electron chi connectivity index (χ3n) is 4.36. The first-order valence-electron chi connectivity index (χ1n) is 8.73. The van der Waals surface area contributed by atoms with Crippen LogP contribution < -0.4 is 10.0 Å². The smallest absolute Gasteiger partial charge is 0.251 e. The number of sulfonamides is 1. The highest BCUT2D eigenvalue weighted by molar-refractivity contribution is 7.89. The first-order valence-corrected chi connectivity index (χ1v) is 10.2. The molecule has 1 aromatic carbocycles. The Morgan fingerprint density at radius 2 is 1.86 bits per heavy atom. The first kappa shape index (κ1) is 19.9. The molecule has 28 heavy (non-hydrogen) atoms. The van der Waals surface area contributed by atoms with Crippen molar-refractivity contribution in [1.82, 2.24) is 10.0 Å². The predicted octanol–water partition coefficient (Wildman–Crippen LogP) is 3.21. The van der Waals surface area contributed by atoms with Gasteiger partial charge in [-0.3, -0.25) is 4.79 Å². The molecule has 0 aliphatic heterocycles. The van der Waals surface area contributed by atoms with E-state index in [-0.39, 0.29) is 17.3 Å². The molecule has 0 saturated heterocycles. The third-order valence-corrected chi connectivity index (χ3v) is 5.76. The molecule has 0 unspecified atom stereocenters. The Labute approximate surface area is 163 Å². The van der Waals surface area contributed by atoms with E-state index >= 15 is 0 Å². The van der Waals surface area contributed by atoms with Crippen molar-refractivity contribution in [2.45, 2.75) is 38.8 Å². The lowest BCUT2D eigenvalue weighted by molar-refractivity contribution is 0.0950. The summed E-state index contributed by atoms with van der Waals surface area (Å²) in [6.45, 7) is 5.76. The summed E-state index contributed by atoms with van der Waals surface area (Å²) in [6.07, 6.45) is 1.47. The Balaban J connectivity index is 1.74. The molecule has 3 aromatic rings. The monoisotopic (exact) mass is 402 g/mol. The fraction of sp³-hybridized carbons (Fsp3) is 0.250. The topological polar surface area (TPSA) is 102 Å². The van der Waals surface area contributed by atoms with Crippen LogP contribution in [0.1, 0.15) is 38.8 Å².